The quantitative estimate of drug-likeness (QED) is 0.234. The van der Waals surface area contributed by atoms with Gasteiger partial charge in [0.05, 0.1) is 39.6 Å². The summed E-state index contributed by atoms with van der Waals surface area (Å²) in [5.41, 5.74) is 0. The Morgan fingerprint density at radius 3 is 1.58 bits per heavy atom. The number of ether oxygens (including phenoxy) is 2. The minimum absolute atomic E-state index is 0.0608. The first-order valence-electron chi connectivity index (χ1n) is 6.11. The van der Waals surface area contributed by atoms with Gasteiger partial charge in [0.1, 0.15) is 6.42 Å². The Balaban J connectivity index is 3.40. The highest BCUT2D eigenvalue weighted by molar-refractivity contribution is 5.96. The Kier molecular flexibility index (Phi) is 12.4. The van der Waals surface area contributed by atoms with E-state index in [1.54, 1.807) is 0 Å². The van der Waals surface area contributed by atoms with E-state index >= 15 is 0 Å². The SMILES string of the molecule is O=C(CC(=O)NCCOCCO)NCCOCCO. The Morgan fingerprint density at radius 1 is 0.789 bits per heavy atom. The van der Waals surface area contributed by atoms with Gasteiger partial charge in [-0.25, -0.2) is 0 Å². The van der Waals surface area contributed by atoms with E-state index in [0.29, 0.717) is 26.3 Å². The number of amides is 2. The van der Waals surface area contributed by atoms with Crippen LogP contribution in [-0.2, 0) is 19.1 Å². The topological polar surface area (TPSA) is 117 Å². The molecular weight excluding hydrogens is 256 g/mol. The van der Waals surface area contributed by atoms with Crippen LogP contribution < -0.4 is 10.6 Å². The Hall–Kier alpha value is -1.22. The lowest BCUT2D eigenvalue weighted by Crippen LogP contribution is -2.34. The normalized spacial score (nSPS) is 10.2. The number of carbonyl (C=O) groups excluding carboxylic acids is 2. The first-order chi connectivity index (χ1) is 9.20. The molecule has 0 saturated heterocycles. The number of aliphatic hydroxyl groups excluding tert-OH is 2. The average Bonchev–Trinajstić information content (AvgIpc) is 2.38. The molecule has 0 aliphatic heterocycles. The fourth-order valence-electron chi connectivity index (χ4n) is 1.13. The van der Waals surface area contributed by atoms with Gasteiger partial charge in [-0.05, 0) is 0 Å². The van der Waals surface area contributed by atoms with E-state index < -0.39 is 0 Å². The highest BCUT2D eigenvalue weighted by Gasteiger charge is 2.07. The molecule has 0 saturated carbocycles. The third kappa shape index (κ3) is 13.0. The standard InChI is InChI=1S/C11H22N2O6/c14-3-7-18-5-1-12-10(16)9-11(17)13-2-6-19-8-4-15/h14-15H,1-9H2,(H,12,16)(H,13,17). The molecule has 0 spiro atoms. The van der Waals surface area contributed by atoms with Crippen LogP contribution in [0.3, 0.4) is 0 Å². The summed E-state index contributed by atoms with van der Waals surface area (Å²) in [5, 5.41) is 21.9. The van der Waals surface area contributed by atoms with Crippen molar-refractivity contribution in [2.45, 2.75) is 6.42 Å². The molecular formula is C11H22N2O6. The summed E-state index contributed by atoms with van der Waals surface area (Å²) in [6.07, 6.45) is -0.250. The zero-order valence-electron chi connectivity index (χ0n) is 10.9. The van der Waals surface area contributed by atoms with Gasteiger partial charge in [0.25, 0.3) is 0 Å². The van der Waals surface area contributed by atoms with Gasteiger partial charge < -0.3 is 30.3 Å². The molecule has 0 aromatic heterocycles. The molecule has 0 aromatic rings. The van der Waals surface area contributed by atoms with Crippen LogP contribution in [0.5, 0.6) is 0 Å². The fourth-order valence-corrected chi connectivity index (χ4v) is 1.13. The van der Waals surface area contributed by atoms with Gasteiger partial charge in [-0.1, -0.05) is 0 Å². The number of nitrogens with one attached hydrogen (secondary N) is 2. The first kappa shape index (κ1) is 17.8. The molecule has 112 valence electrons. The second-order valence-electron chi connectivity index (χ2n) is 3.55. The van der Waals surface area contributed by atoms with Crippen molar-refractivity contribution in [3.63, 3.8) is 0 Å². The van der Waals surface area contributed by atoms with Crippen LogP contribution in [-0.4, -0.2) is 74.8 Å². The van der Waals surface area contributed by atoms with E-state index in [0.717, 1.165) is 0 Å². The van der Waals surface area contributed by atoms with Crippen LogP contribution >= 0.6 is 0 Å². The minimum atomic E-state index is -0.388. The number of rotatable bonds is 12. The summed E-state index contributed by atoms with van der Waals surface area (Å²) >= 11 is 0. The van der Waals surface area contributed by atoms with Crippen molar-refractivity contribution in [2.24, 2.45) is 0 Å². The summed E-state index contributed by atoms with van der Waals surface area (Å²) in [5.74, 6) is -0.775. The lowest BCUT2D eigenvalue weighted by atomic mass is 10.3. The molecule has 8 heteroatoms. The fraction of sp³-hybridized carbons (Fsp3) is 0.818. The van der Waals surface area contributed by atoms with Gasteiger partial charge in [0, 0.05) is 13.1 Å². The molecule has 0 bridgehead atoms. The monoisotopic (exact) mass is 278 g/mol. The Labute approximate surface area is 112 Å². The zero-order chi connectivity index (χ0) is 14.3. The Morgan fingerprint density at radius 2 is 1.21 bits per heavy atom. The number of hydrogen-bond donors (Lipinski definition) is 4. The smallest absolute Gasteiger partial charge is 0.229 e. The predicted octanol–water partition coefficient (Wildman–Crippen LogP) is -2.37. The van der Waals surface area contributed by atoms with Crippen molar-refractivity contribution < 1.29 is 29.3 Å². The molecule has 2 amide bonds. The van der Waals surface area contributed by atoms with Crippen LogP contribution in [0.25, 0.3) is 0 Å². The maximum atomic E-state index is 11.3. The van der Waals surface area contributed by atoms with Gasteiger partial charge in [-0.2, -0.15) is 0 Å². The summed E-state index contributed by atoms with van der Waals surface area (Å²) < 4.78 is 9.88. The van der Waals surface area contributed by atoms with Crippen LogP contribution in [0.2, 0.25) is 0 Å². The van der Waals surface area contributed by atoms with Gasteiger partial charge in [0.15, 0.2) is 0 Å². The molecule has 0 atom stereocenters. The van der Waals surface area contributed by atoms with Gasteiger partial charge in [-0.3, -0.25) is 9.59 Å². The maximum Gasteiger partial charge on any atom is 0.229 e. The predicted molar refractivity (Wildman–Crippen MR) is 66.4 cm³/mol. The minimum Gasteiger partial charge on any atom is -0.394 e. The van der Waals surface area contributed by atoms with Gasteiger partial charge in [-0.15, -0.1) is 0 Å². The number of carbonyl (C=O) groups is 2. The van der Waals surface area contributed by atoms with Crippen molar-refractivity contribution in [1.29, 1.82) is 0 Å². The Bertz CT molecular complexity index is 225. The van der Waals surface area contributed by atoms with Crippen molar-refractivity contribution in [2.75, 3.05) is 52.7 Å². The zero-order valence-corrected chi connectivity index (χ0v) is 10.9. The summed E-state index contributed by atoms with van der Waals surface area (Å²) in [6, 6.07) is 0. The maximum absolute atomic E-state index is 11.3. The molecule has 0 unspecified atom stereocenters. The van der Waals surface area contributed by atoms with E-state index in [1.165, 1.54) is 0 Å². The third-order valence-electron chi connectivity index (χ3n) is 1.93. The van der Waals surface area contributed by atoms with Crippen LogP contribution in [0.1, 0.15) is 6.42 Å². The van der Waals surface area contributed by atoms with Gasteiger partial charge in [0.2, 0.25) is 11.8 Å². The highest BCUT2D eigenvalue weighted by Crippen LogP contribution is 1.81. The molecule has 0 aliphatic rings. The van der Waals surface area contributed by atoms with Crippen molar-refractivity contribution in [3.8, 4) is 0 Å². The molecule has 8 nitrogen and oxygen atoms in total. The largest absolute Gasteiger partial charge is 0.394 e. The summed E-state index contributed by atoms with van der Waals surface area (Å²) in [7, 11) is 0. The highest BCUT2D eigenvalue weighted by atomic mass is 16.5. The molecule has 4 N–H and O–H groups in total. The summed E-state index contributed by atoms with van der Waals surface area (Å²) in [6.45, 7) is 1.51. The number of aliphatic hydroxyl groups is 2. The van der Waals surface area contributed by atoms with Crippen LogP contribution in [0, 0.1) is 0 Å². The second kappa shape index (κ2) is 13.2. The first-order valence-corrected chi connectivity index (χ1v) is 6.11. The van der Waals surface area contributed by atoms with Crippen molar-refractivity contribution in [3.05, 3.63) is 0 Å². The second-order valence-corrected chi connectivity index (χ2v) is 3.55. The molecule has 19 heavy (non-hydrogen) atoms. The molecule has 0 rings (SSSR count). The van der Waals surface area contributed by atoms with E-state index in [9.17, 15) is 9.59 Å². The van der Waals surface area contributed by atoms with Crippen molar-refractivity contribution in [1.82, 2.24) is 10.6 Å². The van der Waals surface area contributed by atoms with Crippen LogP contribution in [0.15, 0.2) is 0 Å². The summed E-state index contributed by atoms with van der Waals surface area (Å²) in [4.78, 5) is 22.6. The van der Waals surface area contributed by atoms with Crippen LogP contribution in [0.4, 0.5) is 0 Å². The van der Waals surface area contributed by atoms with Crippen molar-refractivity contribution >= 4 is 11.8 Å². The van der Waals surface area contributed by atoms with Gasteiger partial charge >= 0.3 is 0 Å². The van der Waals surface area contributed by atoms with E-state index in [-0.39, 0.29) is 44.7 Å². The number of hydrogen-bond acceptors (Lipinski definition) is 6. The molecule has 0 heterocycles. The molecule has 0 aromatic carbocycles. The van der Waals surface area contributed by atoms with E-state index in [1.807, 2.05) is 0 Å². The molecule has 0 aliphatic carbocycles. The molecule has 0 fully saturated rings. The molecule has 0 radical (unpaired) electrons. The lowest BCUT2D eigenvalue weighted by molar-refractivity contribution is -0.129. The lowest BCUT2D eigenvalue weighted by Gasteiger charge is -2.07. The van der Waals surface area contributed by atoms with E-state index in [4.69, 9.17) is 19.7 Å². The van der Waals surface area contributed by atoms with E-state index in [2.05, 4.69) is 10.6 Å². The average molecular weight is 278 g/mol. The third-order valence-corrected chi connectivity index (χ3v) is 1.93.